The molecule has 4 heterocycles. The highest BCUT2D eigenvalue weighted by Crippen LogP contribution is 2.36. The number of nitrogens with zero attached hydrogens (tertiary/aromatic N) is 3. The van der Waals surface area contributed by atoms with Gasteiger partial charge < -0.3 is 19.3 Å². The van der Waals surface area contributed by atoms with E-state index in [2.05, 4.69) is 15.0 Å². The summed E-state index contributed by atoms with van der Waals surface area (Å²) in [5.74, 6) is 2.19. The zero-order valence-electron chi connectivity index (χ0n) is 15.3. The maximum absolute atomic E-state index is 11.1. The molecule has 3 fully saturated rings. The van der Waals surface area contributed by atoms with Gasteiger partial charge in [0.1, 0.15) is 18.0 Å². The average Bonchev–Trinajstić information content (AvgIpc) is 3.08. The molecule has 0 radical (unpaired) electrons. The highest BCUT2D eigenvalue weighted by Gasteiger charge is 2.46. The Kier molecular flexibility index (Phi) is 5.72. The molecule has 0 spiro atoms. The van der Waals surface area contributed by atoms with Gasteiger partial charge in [0.05, 0.1) is 8.41 Å². The predicted molar refractivity (Wildman–Crippen MR) is 109 cm³/mol. The summed E-state index contributed by atoms with van der Waals surface area (Å²) < 4.78 is 11.3. The molecule has 1 unspecified atom stereocenters. The normalized spacial score (nSPS) is 26.9. The van der Waals surface area contributed by atoms with E-state index < -0.39 is 5.60 Å². The van der Waals surface area contributed by atoms with Gasteiger partial charge in [-0.3, -0.25) is 0 Å². The van der Waals surface area contributed by atoms with Crippen LogP contribution in [0, 0.1) is 12.8 Å². The summed E-state index contributed by atoms with van der Waals surface area (Å²) in [6.07, 6.45) is 6.06. The van der Waals surface area contributed by atoms with Gasteiger partial charge in [-0.2, -0.15) is 4.98 Å². The minimum Gasteiger partial charge on any atom is -0.490 e. The topological polar surface area (TPSA) is 71.6 Å². The number of hydrogen-bond donors (Lipinski definition) is 1. The molecule has 3 aliphatic heterocycles. The summed E-state index contributed by atoms with van der Waals surface area (Å²) in [6.45, 7) is 6.97. The van der Waals surface area contributed by atoms with Crippen molar-refractivity contribution in [1.82, 2.24) is 15.0 Å². The molecule has 0 amide bonds. The van der Waals surface area contributed by atoms with Crippen molar-refractivity contribution in [3.05, 3.63) is 35.7 Å². The number of aryl methyl sites for hydroxylation is 1. The van der Waals surface area contributed by atoms with Crippen molar-refractivity contribution in [3.63, 3.8) is 0 Å². The Labute approximate surface area is 161 Å². The molecular formula is C20H28BN3O3. The van der Waals surface area contributed by atoms with Gasteiger partial charge in [-0.1, -0.05) is 17.3 Å². The molecule has 1 aromatic heterocycles. The highest BCUT2D eigenvalue weighted by atomic mass is 16.5. The first-order valence-corrected chi connectivity index (χ1v) is 9.22. The van der Waals surface area contributed by atoms with Gasteiger partial charge >= 0.3 is 0 Å². The van der Waals surface area contributed by atoms with E-state index in [0.29, 0.717) is 30.8 Å². The summed E-state index contributed by atoms with van der Waals surface area (Å²) in [5.41, 5.74) is 1.03. The lowest BCUT2D eigenvalue weighted by Gasteiger charge is -2.50. The van der Waals surface area contributed by atoms with E-state index in [4.69, 9.17) is 9.26 Å². The molecule has 6 nitrogen and oxygen atoms in total. The van der Waals surface area contributed by atoms with E-state index in [1.165, 1.54) is 0 Å². The average molecular weight is 369 g/mol. The standard InChI is InChI=1S/C20H25N3O3.BH3/c1-3-4-15-11-16(19-21-14(2)22-26-19)5-6-18(15)25-13-20(24)12-23-9-7-17(20)8-10-23;/h3-6,11,17,24H,7-10,12-13H2,1-2H3;1H3/b4-3+;. The Morgan fingerprint density at radius 1 is 1.37 bits per heavy atom. The SMILES string of the molecule is B.C/C=C/c1cc(-c2nc(C)no2)ccc1OCC1(O)CN2CCC1CC2. The number of piperidine rings is 3. The van der Waals surface area contributed by atoms with Gasteiger partial charge in [0.25, 0.3) is 5.89 Å². The minimum absolute atomic E-state index is 0. The Morgan fingerprint density at radius 2 is 2.15 bits per heavy atom. The summed E-state index contributed by atoms with van der Waals surface area (Å²) >= 11 is 0. The number of allylic oxidation sites excluding steroid dienone is 1. The number of aliphatic hydroxyl groups is 1. The fraction of sp³-hybridized carbons (Fsp3) is 0.500. The van der Waals surface area contributed by atoms with Crippen molar-refractivity contribution >= 4 is 14.5 Å². The minimum atomic E-state index is -0.758. The van der Waals surface area contributed by atoms with Crippen LogP contribution in [0.2, 0.25) is 0 Å². The van der Waals surface area contributed by atoms with Crippen LogP contribution in [-0.2, 0) is 0 Å². The van der Waals surface area contributed by atoms with Gasteiger partial charge in [-0.15, -0.1) is 0 Å². The molecule has 27 heavy (non-hydrogen) atoms. The second-order valence-corrected chi connectivity index (χ2v) is 7.34. The second-order valence-electron chi connectivity index (χ2n) is 7.34. The lowest BCUT2D eigenvalue weighted by molar-refractivity contribution is -0.131. The third-order valence-corrected chi connectivity index (χ3v) is 5.45. The fourth-order valence-corrected chi connectivity index (χ4v) is 4.05. The van der Waals surface area contributed by atoms with Crippen LogP contribution in [0.1, 0.15) is 31.2 Å². The number of benzene rings is 1. The Morgan fingerprint density at radius 3 is 2.74 bits per heavy atom. The molecule has 1 atom stereocenters. The number of hydrogen-bond acceptors (Lipinski definition) is 6. The zero-order valence-corrected chi connectivity index (χ0v) is 15.3. The molecule has 144 valence electrons. The Hall–Kier alpha value is -2.12. The largest absolute Gasteiger partial charge is 0.490 e. The summed E-state index contributed by atoms with van der Waals surface area (Å²) in [4.78, 5) is 6.61. The molecule has 0 saturated carbocycles. The molecule has 2 aromatic rings. The molecule has 7 heteroatoms. The van der Waals surface area contributed by atoms with E-state index in [0.717, 1.165) is 42.8 Å². The van der Waals surface area contributed by atoms with Crippen molar-refractivity contribution in [2.24, 2.45) is 5.92 Å². The molecule has 0 aliphatic carbocycles. The highest BCUT2D eigenvalue weighted by molar-refractivity contribution is 5.75. The van der Waals surface area contributed by atoms with Crippen molar-refractivity contribution in [3.8, 4) is 17.2 Å². The van der Waals surface area contributed by atoms with E-state index in [1.807, 2.05) is 37.3 Å². The monoisotopic (exact) mass is 369 g/mol. The van der Waals surface area contributed by atoms with Crippen molar-refractivity contribution in [1.29, 1.82) is 0 Å². The predicted octanol–water partition coefficient (Wildman–Crippen LogP) is 1.73. The van der Waals surface area contributed by atoms with Crippen LogP contribution < -0.4 is 4.74 Å². The third-order valence-electron chi connectivity index (χ3n) is 5.45. The van der Waals surface area contributed by atoms with Crippen LogP contribution in [0.4, 0.5) is 0 Å². The lowest BCUT2D eigenvalue weighted by atomic mass is 9.76. The Balaban J connectivity index is 0.00000210. The first kappa shape index (κ1) is 19.6. The van der Waals surface area contributed by atoms with Crippen LogP contribution in [0.3, 0.4) is 0 Å². The van der Waals surface area contributed by atoms with Crippen molar-refractivity contribution in [2.75, 3.05) is 26.2 Å². The fourth-order valence-electron chi connectivity index (χ4n) is 4.05. The summed E-state index contributed by atoms with van der Waals surface area (Å²) in [7, 11) is 0. The molecule has 2 bridgehead atoms. The van der Waals surface area contributed by atoms with E-state index in [9.17, 15) is 5.11 Å². The maximum atomic E-state index is 11.1. The molecule has 3 aliphatic rings. The second kappa shape index (κ2) is 7.86. The van der Waals surface area contributed by atoms with E-state index in [-0.39, 0.29) is 8.41 Å². The van der Waals surface area contributed by atoms with E-state index >= 15 is 0 Å². The van der Waals surface area contributed by atoms with Crippen LogP contribution in [0.25, 0.3) is 17.5 Å². The van der Waals surface area contributed by atoms with Crippen LogP contribution >= 0.6 is 0 Å². The van der Waals surface area contributed by atoms with Crippen LogP contribution in [-0.4, -0.2) is 60.4 Å². The van der Waals surface area contributed by atoms with Gasteiger partial charge in [-0.25, -0.2) is 0 Å². The van der Waals surface area contributed by atoms with Crippen LogP contribution in [0.15, 0.2) is 28.8 Å². The maximum Gasteiger partial charge on any atom is 0.257 e. The number of rotatable bonds is 5. The molecular weight excluding hydrogens is 341 g/mol. The van der Waals surface area contributed by atoms with E-state index in [1.54, 1.807) is 6.92 Å². The van der Waals surface area contributed by atoms with Gasteiger partial charge in [0, 0.05) is 17.7 Å². The van der Waals surface area contributed by atoms with Gasteiger partial charge in [0.2, 0.25) is 0 Å². The van der Waals surface area contributed by atoms with Crippen molar-refractivity contribution < 1.29 is 14.4 Å². The van der Waals surface area contributed by atoms with Crippen LogP contribution in [0.5, 0.6) is 5.75 Å². The number of fused-ring (bicyclic) bond motifs is 3. The number of ether oxygens (including phenoxy) is 1. The smallest absolute Gasteiger partial charge is 0.257 e. The molecule has 5 rings (SSSR count). The first-order valence-electron chi connectivity index (χ1n) is 9.22. The molecule has 3 saturated heterocycles. The third kappa shape index (κ3) is 3.94. The molecule has 1 N–H and O–H groups in total. The number of aromatic nitrogens is 2. The lowest BCUT2D eigenvalue weighted by Crippen LogP contribution is -2.61. The summed E-state index contributed by atoms with van der Waals surface area (Å²) in [6, 6.07) is 5.80. The first-order chi connectivity index (χ1) is 12.6. The van der Waals surface area contributed by atoms with Gasteiger partial charge in [0.15, 0.2) is 5.82 Å². The Bertz CT molecular complexity index is 815. The van der Waals surface area contributed by atoms with Gasteiger partial charge in [-0.05, 0) is 63.9 Å². The quantitative estimate of drug-likeness (QED) is 0.810. The summed E-state index contributed by atoms with van der Waals surface area (Å²) in [5, 5.41) is 14.9. The molecule has 1 aromatic carbocycles. The van der Waals surface area contributed by atoms with Crippen molar-refractivity contribution in [2.45, 2.75) is 32.3 Å². The zero-order chi connectivity index (χ0) is 18.1.